The van der Waals surface area contributed by atoms with Gasteiger partial charge in [-0.1, -0.05) is 18.2 Å². The van der Waals surface area contributed by atoms with E-state index in [0.717, 1.165) is 16.7 Å². The van der Waals surface area contributed by atoms with Gasteiger partial charge in [0.25, 0.3) is 0 Å². The zero-order valence-corrected chi connectivity index (χ0v) is 9.08. The largest absolute Gasteiger partial charge is 0.508 e. The van der Waals surface area contributed by atoms with Crippen molar-refractivity contribution in [3.63, 3.8) is 0 Å². The van der Waals surface area contributed by atoms with Crippen molar-refractivity contribution in [1.29, 1.82) is 0 Å². The summed E-state index contributed by atoms with van der Waals surface area (Å²) in [5.74, 6) is 0.988. The summed E-state index contributed by atoms with van der Waals surface area (Å²) < 4.78 is 1.64. The number of rotatable bonds is 2. The van der Waals surface area contributed by atoms with Gasteiger partial charge in [0.2, 0.25) is 0 Å². The first kappa shape index (κ1) is 9.78. The zero-order valence-electron chi connectivity index (χ0n) is 9.08. The SMILES string of the molecule is Oc1ccc2ccn(Oc3ccccc3)c2c1. The maximum Gasteiger partial charge on any atom is 0.155 e. The molecule has 0 radical (unpaired) electrons. The molecule has 0 fully saturated rings. The van der Waals surface area contributed by atoms with Crippen LogP contribution in [0.15, 0.2) is 60.8 Å². The molecule has 0 spiro atoms. The van der Waals surface area contributed by atoms with Crippen molar-refractivity contribution in [3.8, 4) is 11.5 Å². The fourth-order valence-corrected chi connectivity index (χ4v) is 1.77. The minimum absolute atomic E-state index is 0.231. The second kappa shape index (κ2) is 3.87. The van der Waals surface area contributed by atoms with Gasteiger partial charge >= 0.3 is 0 Å². The molecular formula is C14H11NO2. The topological polar surface area (TPSA) is 34.4 Å². The second-order valence-corrected chi connectivity index (χ2v) is 3.79. The lowest BCUT2D eigenvalue weighted by Gasteiger charge is -2.07. The van der Waals surface area contributed by atoms with E-state index in [1.807, 2.05) is 48.7 Å². The van der Waals surface area contributed by atoms with Crippen molar-refractivity contribution < 1.29 is 9.94 Å². The van der Waals surface area contributed by atoms with Gasteiger partial charge in [0.05, 0.1) is 5.52 Å². The van der Waals surface area contributed by atoms with Crippen LogP contribution in [0.3, 0.4) is 0 Å². The molecule has 1 aromatic heterocycles. The van der Waals surface area contributed by atoms with E-state index in [0.29, 0.717) is 0 Å². The predicted molar refractivity (Wildman–Crippen MR) is 66.1 cm³/mol. The smallest absolute Gasteiger partial charge is 0.155 e. The van der Waals surface area contributed by atoms with Crippen LogP contribution < -0.4 is 4.84 Å². The molecular weight excluding hydrogens is 214 g/mol. The maximum atomic E-state index is 9.47. The summed E-state index contributed by atoms with van der Waals surface area (Å²) in [6, 6.07) is 16.7. The van der Waals surface area contributed by atoms with Gasteiger partial charge in [-0.25, -0.2) is 0 Å². The van der Waals surface area contributed by atoms with E-state index in [1.165, 1.54) is 0 Å². The number of para-hydroxylation sites is 1. The molecule has 1 N–H and O–H groups in total. The molecule has 0 aliphatic carbocycles. The van der Waals surface area contributed by atoms with E-state index in [1.54, 1.807) is 16.9 Å². The fraction of sp³-hybridized carbons (Fsp3) is 0. The Labute approximate surface area is 98.5 Å². The number of aromatic hydroxyl groups is 1. The molecule has 84 valence electrons. The van der Waals surface area contributed by atoms with Crippen LogP contribution in [0.2, 0.25) is 0 Å². The fourth-order valence-electron chi connectivity index (χ4n) is 1.77. The highest BCUT2D eigenvalue weighted by Gasteiger charge is 2.03. The number of phenols is 1. The molecule has 0 saturated carbocycles. The molecule has 3 nitrogen and oxygen atoms in total. The molecule has 0 aliphatic heterocycles. The van der Waals surface area contributed by atoms with Crippen LogP contribution in [0.25, 0.3) is 10.9 Å². The van der Waals surface area contributed by atoms with Gasteiger partial charge in [-0.3, -0.25) is 0 Å². The minimum atomic E-state index is 0.231. The number of aromatic nitrogens is 1. The van der Waals surface area contributed by atoms with E-state index < -0.39 is 0 Å². The van der Waals surface area contributed by atoms with Crippen molar-refractivity contribution in [2.45, 2.75) is 0 Å². The summed E-state index contributed by atoms with van der Waals surface area (Å²) >= 11 is 0. The molecule has 3 aromatic rings. The molecule has 17 heavy (non-hydrogen) atoms. The zero-order chi connectivity index (χ0) is 11.7. The molecule has 2 aromatic carbocycles. The molecule has 1 heterocycles. The summed E-state index contributed by atoms with van der Waals surface area (Å²) in [6.07, 6.45) is 1.83. The van der Waals surface area contributed by atoms with E-state index >= 15 is 0 Å². The predicted octanol–water partition coefficient (Wildman–Crippen LogP) is 3.19. The van der Waals surface area contributed by atoms with Crippen LogP contribution in [0.1, 0.15) is 0 Å². The monoisotopic (exact) mass is 225 g/mol. The number of phenolic OH excluding ortho intramolecular Hbond substituents is 1. The highest BCUT2D eigenvalue weighted by molar-refractivity contribution is 5.81. The first-order valence-electron chi connectivity index (χ1n) is 5.36. The molecule has 0 amide bonds. The van der Waals surface area contributed by atoms with Crippen molar-refractivity contribution >= 4 is 10.9 Å². The molecule has 0 atom stereocenters. The van der Waals surface area contributed by atoms with Gasteiger partial charge < -0.3 is 9.94 Å². The van der Waals surface area contributed by atoms with Gasteiger partial charge in [-0.2, -0.15) is 4.73 Å². The van der Waals surface area contributed by atoms with Gasteiger partial charge in [0, 0.05) is 17.6 Å². The standard InChI is InChI=1S/C14H11NO2/c16-12-7-6-11-8-9-15(14(11)10-12)17-13-4-2-1-3-5-13/h1-10,16H. The van der Waals surface area contributed by atoms with E-state index in [4.69, 9.17) is 4.84 Å². The number of nitrogens with zero attached hydrogens (tertiary/aromatic N) is 1. The molecule has 0 bridgehead atoms. The molecule has 3 rings (SSSR count). The number of benzene rings is 2. The highest BCUT2D eigenvalue weighted by atomic mass is 16.7. The Kier molecular flexibility index (Phi) is 2.22. The quantitative estimate of drug-likeness (QED) is 0.726. The van der Waals surface area contributed by atoms with E-state index in [2.05, 4.69) is 0 Å². The normalized spacial score (nSPS) is 10.6. The Morgan fingerprint density at radius 2 is 1.76 bits per heavy atom. The molecule has 0 unspecified atom stereocenters. The van der Waals surface area contributed by atoms with Crippen LogP contribution in [0.4, 0.5) is 0 Å². The molecule has 3 heteroatoms. The summed E-state index contributed by atoms with van der Waals surface area (Å²) in [5, 5.41) is 10.5. The van der Waals surface area contributed by atoms with Crippen molar-refractivity contribution in [3.05, 3.63) is 60.8 Å². The Morgan fingerprint density at radius 3 is 2.59 bits per heavy atom. The van der Waals surface area contributed by atoms with Gasteiger partial charge in [0.15, 0.2) is 5.75 Å². The van der Waals surface area contributed by atoms with E-state index in [-0.39, 0.29) is 5.75 Å². The highest BCUT2D eigenvalue weighted by Crippen LogP contribution is 2.22. The average molecular weight is 225 g/mol. The summed E-state index contributed by atoms with van der Waals surface area (Å²) in [4.78, 5) is 5.69. The van der Waals surface area contributed by atoms with Crippen LogP contribution >= 0.6 is 0 Å². The lowest BCUT2D eigenvalue weighted by molar-refractivity contribution is 0.229. The number of hydrogen-bond donors (Lipinski definition) is 1. The lowest BCUT2D eigenvalue weighted by atomic mass is 10.2. The van der Waals surface area contributed by atoms with Crippen LogP contribution in [-0.2, 0) is 0 Å². The van der Waals surface area contributed by atoms with Crippen LogP contribution in [-0.4, -0.2) is 9.84 Å². The molecule has 0 saturated heterocycles. The Hall–Kier alpha value is -2.42. The Bertz CT molecular complexity index is 644. The third kappa shape index (κ3) is 1.83. The molecule has 0 aliphatic rings. The third-order valence-corrected chi connectivity index (χ3v) is 2.59. The first-order chi connectivity index (χ1) is 8.33. The number of fused-ring (bicyclic) bond motifs is 1. The summed E-state index contributed by atoms with van der Waals surface area (Å²) in [6.45, 7) is 0. The number of hydrogen-bond acceptors (Lipinski definition) is 2. The summed E-state index contributed by atoms with van der Waals surface area (Å²) in [5.41, 5.74) is 0.842. The van der Waals surface area contributed by atoms with E-state index in [9.17, 15) is 5.11 Å². The van der Waals surface area contributed by atoms with Crippen molar-refractivity contribution in [2.24, 2.45) is 0 Å². The third-order valence-electron chi connectivity index (χ3n) is 2.59. The van der Waals surface area contributed by atoms with Gasteiger partial charge in [0.1, 0.15) is 5.75 Å². The Morgan fingerprint density at radius 1 is 0.941 bits per heavy atom. The second-order valence-electron chi connectivity index (χ2n) is 3.79. The van der Waals surface area contributed by atoms with Gasteiger partial charge in [-0.15, -0.1) is 0 Å². The minimum Gasteiger partial charge on any atom is -0.508 e. The first-order valence-corrected chi connectivity index (χ1v) is 5.36. The van der Waals surface area contributed by atoms with Crippen LogP contribution in [0, 0.1) is 0 Å². The average Bonchev–Trinajstić information content (AvgIpc) is 2.73. The van der Waals surface area contributed by atoms with Crippen LogP contribution in [0.5, 0.6) is 11.5 Å². The van der Waals surface area contributed by atoms with Crippen molar-refractivity contribution in [2.75, 3.05) is 0 Å². The maximum absolute atomic E-state index is 9.47. The van der Waals surface area contributed by atoms with Crippen molar-refractivity contribution in [1.82, 2.24) is 4.73 Å². The Balaban J connectivity index is 2.03. The lowest BCUT2D eigenvalue weighted by Crippen LogP contribution is -2.02. The van der Waals surface area contributed by atoms with Gasteiger partial charge in [-0.05, 0) is 30.3 Å². The summed E-state index contributed by atoms with van der Waals surface area (Å²) in [7, 11) is 0.